The number of likely N-dealkylation sites (tertiary alicyclic amines) is 1. The smallest absolute Gasteiger partial charge is 0.334 e. The van der Waals surface area contributed by atoms with Crippen LogP contribution in [0.2, 0.25) is 5.02 Å². The number of benzene rings is 1. The molecule has 142 valence electrons. The summed E-state index contributed by atoms with van der Waals surface area (Å²) in [7, 11) is 0. The van der Waals surface area contributed by atoms with E-state index in [1.165, 1.54) is 4.90 Å². The zero-order chi connectivity index (χ0) is 18.7. The van der Waals surface area contributed by atoms with E-state index in [1.54, 1.807) is 24.3 Å². The Morgan fingerprint density at radius 1 is 1.27 bits per heavy atom. The van der Waals surface area contributed by atoms with E-state index in [-0.39, 0.29) is 12.1 Å². The number of hydrogen-bond acceptors (Lipinski definition) is 5. The third kappa shape index (κ3) is 5.18. The Hall–Kier alpha value is -1.64. The lowest BCUT2D eigenvalue weighted by Crippen LogP contribution is -2.46. The van der Waals surface area contributed by atoms with Gasteiger partial charge in [-0.25, -0.2) is 0 Å². The van der Waals surface area contributed by atoms with E-state index in [1.807, 2.05) is 6.92 Å². The minimum Gasteiger partial charge on any atom is -0.334 e. The molecule has 0 unspecified atom stereocenters. The summed E-state index contributed by atoms with van der Waals surface area (Å²) in [5.74, 6) is 0.929. The van der Waals surface area contributed by atoms with Crippen LogP contribution in [0.15, 0.2) is 28.8 Å². The van der Waals surface area contributed by atoms with Crippen molar-refractivity contribution in [2.24, 2.45) is 0 Å². The Labute approximate surface area is 154 Å². The lowest BCUT2D eigenvalue weighted by molar-refractivity contribution is -0.148. The Kier molecular flexibility index (Phi) is 5.84. The molecule has 1 saturated heterocycles. The van der Waals surface area contributed by atoms with Crippen molar-refractivity contribution in [2.75, 3.05) is 19.6 Å². The van der Waals surface area contributed by atoms with Gasteiger partial charge in [-0.05, 0) is 57.1 Å². The molecule has 1 atom stereocenters. The van der Waals surface area contributed by atoms with Gasteiger partial charge >= 0.3 is 6.18 Å². The highest BCUT2D eigenvalue weighted by atomic mass is 35.5. The van der Waals surface area contributed by atoms with Gasteiger partial charge in [-0.2, -0.15) is 18.2 Å². The second kappa shape index (κ2) is 7.94. The Balaban J connectivity index is 1.53. The fourth-order valence-electron chi connectivity index (χ4n) is 3.06. The van der Waals surface area contributed by atoms with Crippen molar-refractivity contribution in [2.45, 2.75) is 38.0 Å². The molecule has 0 saturated carbocycles. The highest BCUT2D eigenvalue weighted by Crippen LogP contribution is 2.23. The van der Waals surface area contributed by atoms with Crippen LogP contribution >= 0.6 is 11.6 Å². The molecule has 1 fully saturated rings. The molecule has 2 aromatic rings. The summed E-state index contributed by atoms with van der Waals surface area (Å²) in [6.45, 7) is 1.92. The van der Waals surface area contributed by atoms with Crippen LogP contribution in [0.4, 0.5) is 13.2 Å². The molecule has 0 amide bonds. The average molecular weight is 389 g/mol. The molecule has 9 heteroatoms. The third-order valence-corrected chi connectivity index (χ3v) is 4.65. The first-order chi connectivity index (χ1) is 12.3. The summed E-state index contributed by atoms with van der Waals surface area (Å²) >= 11 is 5.87. The number of nitrogens with one attached hydrogen (secondary N) is 1. The highest BCUT2D eigenvalue weighted by Gasteiger charge is 2.32. The van der Waals surface area contributed by atoms with E-state index in [2.05, 4.69) is 15.5 Å². The van der Waals surface area contributed by atoms with Gasteiger partial charge < -0.3 is 9.84 Å². The van der Waals surface area contributed by atoms with Gasteiger partial charge in [0, 0.05) is 16.6 Å². The second-order valence-corrected chi connectivity index (χ2v) is 6.96. The van der Waals surface area contributed by atoms with Crippen molar-refractivity contribution in [3.05, 3.63) is 35.1 Å². The highest BCUT2D eigenvalue weighted by molar-refractivity contribution is 6.30. The molecule has 0 radical (unpaired) electrons. The van der Waals surface area contributed by atoms with Crippen LogP contribution in [0, 0.1) is 0 Å². The first-order valence-corrected chi connectivity index (χ1v) is 8.82. The van der Waals surface area contributed by atoms with E-state index in [0.717, 1.165) is 5.56 Å². The SMILES string of the molecule is C[C@H](NC1CCN(CC(F)(F)F)CC1)c1noc(-c2ccc(Cl)cc2)n1. The number of piperidine rings is 1. The van der Waals surface area contributed by atoms with E-state index in [4.69, 9.17) is 16.1 Å². The summed E-state index contributed by atoms with van der Waals surface area (Å²) in [5, 5.41) is 8.01. The van der Waals surface area contributed by atoms with E-state index in [0.29, 0.717) is 42.7 Å². The molecule has 1 aromatic carbocycles. The maximum atomic E-state index is 12.4. The average Bonchev–Trinajstić information content (AvgIpc) is 3.06. The van der Waals surface area contributed by atoms with Gasteiger partial charge in [0.2, 0.25) is 0 Å². The monoisotopic (exact) mass is 388 g/mol. The minimum absolute atomic E-state index is 0.131. The summed E-state index contributed by atoms with van der Waals surface area (Å²) in [4.78, 5) is 5.84. The molecule has 1 N–H and O–H groups in total. The van der Waals surface area contributed by atoms with Crippen molar-refractivity contribution >= 4 is 11.6 Å². The molecule has 1 aliphatic heterocycles. The fourth-order valence-corrected chi connectivity index (χ4v) is 3.19. The van der Waals surface area contributed by atoms with Crippen molar-refractivity contribution in [3.8, 4) is 11.5 Å². The molecule has 2 heterocycles. The van der Waals surface area contributed by atoms with Crippen molar-refractivity contribution in [3.63, 3.8) is 0 Å². The predicted octanol–water partition coefficient (Wildman–Crippen LogP) is 4.07. The molecule has 0 aliphatic carbocycles. The quantitative estimate of drug-likeness (QED) is 0.836. The lowest BCUT2D eigenvalue weighted by atomic mass is 10.0. The van der Waals surface area contributed by atoms with Gasteiger partial charge in [0.15, 0.2) is 5.82 Å². The molecular formula is C17H20ClF3N4O. The molecule has 0 bridgehead atoms. The number of halogens is 4. The van der Waals surface area contributed by atoms with Crippen LogP contribution in [0.25, 0.3) is 11.5 Å². The maximum Gasteiger partial charge on any atom is 0.401 e. The lowest BCUT2D eigenvalue weighted by Gasteiger charge is -2.33. The number of aromatic nitrogens is 2. The van der Waals surface area contributed by atoms with Crippen LogP contribution in [-0.4, -0.2) is 46.9 Å². The first kappa shape index (κ1) is 19.1. The maximum absolute atomic E-state index is 12.4. The Morgan fingerprint density at radius 3 is 2.54 bits per heavy atom. The largest absolute Gasteiger partial charge is 0.401 e. The van der Waals surface area contributed by atoms with E-state index >= 15 is 0 Å². The summed E-state index contributed by atoms with van der Waals surface area (Å²) < 4.78 is 42.6. The zero-order valence-electron chi connectivity index (χ0n) is 14.3. The second-order valence-electron chi connectivity index (χ2n) is 6.52. The van der Waals surface area contributed by atoms with Gasteiger partial charge in [-0.15, -0.1) is 0 Å². The van der Waals surface area contributed by atoms with Crippen molar-refractivity contribution < 1.29 is 17.7 Å². The fraction of sp³-hybridized carbons (Fsp3) is 0.529. The number of alkyl halides is 3. The van der Waals surface area contributed by atoms with Gasteiger partial charge in [-0.1, -0.05) is 16.8 Å². The van der Waals surface area contributed by atoms with Crippen LogP contribution in [0.5, 0.6) is 0 Å². The van der Waals surface area contributed by atoms with Gasteiger partial charge in [-0.3, -0.25) is 4.90 Å². The van der Waals surface area contributed by atoms with Crippen LogP contribution in [0.3, 0.4) is 0 Å². The molecule has 5 nitrogen and oxygen atoms in total. The standard InChI is InChI=1S/C17H20ClF3N4O/c1-11(22-14-6-8-25(9-7-14)10-17(19,20)21)15-23-16(26-24-15)12-2-4-13(18)5-3-12/h2-5,11,14,22H,6-10H2,1H3/t11-/m0/s1. The normalized spacial score (nSPS) is 18.2. The van der Waals surface area contributed by atoms with E-state index in [9.17, 15) is 13.2 Å². The summed E-state index contributed by atoms with van der Waals surface area (Å²) in [6.07, 6.45) is -2.83. The van der Waals surface area contributed by atoms with Crippen LogP contribution < -0.4 is 5.32 Å². The molecule has 1 aliphatic rings. The topological polar surface area (TPSA) is 54.2 Å². The Bertz CT molecular complexity index is 712. The Morgan fingerprint density at radius 2 is 1.92 bits per heavy atom. The van der Waals surface area contributed by atoms with Crippen molar-refractivity contribution in [1.82, 2.24) is 20.4 Å². The summed E-state index contributed by atoms with van der Waals surface area (Å²) in [5.41, 5.74) is 0.779. The number of hydrogen-bond donors (Lipinski definition) is 1. The number of rotatable bonds is 5. The van der Waals surface area contributed by atoms with Crippen LogP contribution in [0.1, 0.15) is 31.6 Å². The first-order valence-electron chi connectivity index (χ1n) is 8.45. The van der Waals surface area contributed by atoms with Crippen LogP contribution in [-0.2, 0) is 0 Å². The zero-order valence-corrected chi connectivity index (χ0v) is 15.0. The molecular weight excluding hydrogens is 369 g/mol. The molecule has 3 rings (SSSR count). The third-order valence-electron chi connectivity index (χ3n) is 4.40. The number of nitrogens with zero attached hydrogens (tertiary/aromatic N) is 3. The summed E-state index contributed by atoms with van der Waals surface area (Å²) in [6, 6.07) is 7.07. The molecule has 0 spiro atoms. The van der Waals surface area contributed by atoms with Gasteiger partial charge in [0.05, 0.1) is 12.6 Å². The predicted molar refractivity (Wildman–Crippen MR) is 91.8 cm³/mol. The van der Waals surface area contributed by atoms with Crippen molar-refractivity contribution in [1.29, 1.82) is 0 Å². The molecule has 1 aromatic heterocycles. The van der Waals surface area contributed by atoms with E-state index < -0.39 is 12.7 Å². The van der Waals surface area contributed by atoms with Gasteiger partial charge in [0.1, 0.15) is 0 Å². The van der Waals surface area contributed by atoms with Gasteiger partial charge in [0.25, 0.3) is 5.89 Å². The molecule has 26 heavy (non-hydrogen) atoms. The minimum atomic E-state index is -4.14.